The summed E-state index contributed by atoms with van der Waals surface area (Å²) in [5.74, 6) is 0.823. The third kappa shape index (κ3) is 4.71. The van der Waals surface area contributed by atoms with Crippen molar-refractivity contribution in [2.24, 2.45) is 4.99 Å². The molecule has 0 spiro atoms. The van der Waals surface area contributed by atoms with Gasteiger partial charge in [0.25, 0.3) is 5.69 Å². The lowest BCUT2D eigenvalue weighted by Gasteiger charge is -2.27. The number of benzene rings is 2. The van der Waals surface area contributed by atoms with Crippen LogP contribution in [0, 0.1) is 10.1 Å². The molecule has 1 aliphatic rings. The monoisotopic (exact) mass is 391 g/mol. The molecule has 6 heteroatoms. The summed E-state index contributed by atoms with van der Waals surface area (Å²) in [5.41, 5.74) is 3.92. The predicted octanol–water partition coefficient (Wildman–Crippen LogP) is 5.43. The zero-order chi connectivity index (χ0) is 21.0. The molecule has 0 unspecified atom stereocenters. The molecule has 0 radical (unpaired) electrons. The minimum absolute atomic E-state index is 0.0780. The molecule has 2 aromatic carbocycles. The summed E-state index contributed by atoms with van der Waals surface area (Å²) in [7, 11) is 1.68. The van der Waals surface area contributed by atoms with Gasteiger partial charge in [0.15, 0.2) is 0 Å². The molecule has 0 saturated carbocycles. The summed E-state index contributed by atoms with van der Waals surface area (Å²) in [6.45, 7) is 7.22. The maximum absolute atomic E-state index is 10.8. The summed E-state index contributed by atoms with van der Waals surface area (Å²) in [6.07, 6.45) is 9.53. The number of anilines is 1. The molecule has 1 heterocycles. The van der Waals surface area contributed by atoms with Crippen LogP contribution in [0.2, 0.25) is 0 Å². The van der Waals surface area contributed by atoms with Gasteiger partial charge in [-0.15, -0.1) is 0 Å². The SMILES string of the molecule is COc1c(C=Cc2ccc([N+](=O)[O-])cc2)cc(N2C=NC=CC2)cc1C(C)(C)C. The molecular formula is C23H25N3O3. The molecule has 0 aromatic heterocycles. The smallest absolute Gasteiger partial charge is 0.269 e. The molecule has 29 heavy (non-hydrogen) atoms. The van der Waals surface area contributed by atoms with Crippen molar-refractivity contribution in [3.8, 4) is 5.75 Å². The average Bonchev–Trinajstić information content (AvgIpc) is 2.71. The highest BCUT2D eigenvalue weighted by Gasteiger charge is 2.23. The maximum Gasteiger partial charge on any atom is 0.269 e. The van der Waals surface area contributed by atoms with Crippen LogP contribution in [-0.2, 0) is 5.41 Å². The number of non-ortho nitro benzene ring substituents is 1. The fourth-order valence-corrected chi connectivity index (χ4v) is 3.16. The van der Waals surface area contributed by atoms with E-state index in [1.807, 2.05) is 24.6 Å². The number of nitro benzene ring substituents is 1. The van der Waals surface area contributed by atoms with Crippen molar-refractivity contribution in [2.75, 3.05) is 18.6 Å². The van der Waals surface area contributed by atoms with Crippen molar-refractivity contribution in [3.05, 3.63) is 75.5 Å². The Balaban J connectivity index is 2.04. The van der Waals surface area contributed by atoms with E-state index in [9.17, 15) is 10.1 Å². The molecule has 3 rings (SSSR count). The van der Waals surface area contributed by atoms with Crippen LogP contribution < -0.4 is 9.64 Å². The van der Waals surface area contributed by atoms with Crippen molar-refractivity contribution >= 4 is 29.9 Å². The minimum Gasteiger partial charge on any atom is -0.496 e. The Morgan fingerprint density at radius 3 is 2.45 bits per heavy atom. The Hall–Kier alpha value is -3.41. The second-order valence-corrected chi connectivity index (χ2v) is 7.85. The summed E-state index contributed by atoms with van der Waals surface area (Å²) in [6, 6.07) is 10.7. The van der Waals surface area contributed by atoms with Crippen molar-refractivity contribution in [1.29, 1.82) is 0 Å². The lowest BCUT2D eigenvalue weighted by molar-refractivity contribution is -0.384. The van der Waals surface area contributed by atoms with Crippen molar-refractivity contribution in [1.82, 2.24) is 0 Å². The van der Waals surface area contributed by atoms with E-state index in [1.54, 1.807) is 25.4 Å². The number of nitro groups is 1. The Morgan fingerprint density at radius 2 is 1.90 bits per heavy atom. The first-order valence-electron chi connectivity index (χ1n) is 9.39. The van der Waals surface area contributed by atoms with Crippen LogP contribution in [0.3, 0.4) is 0 Å². The number of nitrogens with zero attached hydrogens (tertiary/aromatic N) is 3. The Labute approximate surface area is 171 Å². The molecule has 6 nitrogen and oxygen atoms in total. The topological polar surface area (TPSA) is 68.0 Å². The first-order valence-corrected chi connectivity index (χ1v) is 9.39. The third-order valence-corrected chi connectivity index (χ3v) is 4.71. The van der Waals surface area contributed by atoms with Gasteiger partial charge in [-0.05, 0) is 41.3 Å². The van der Waals surface area contributed by atoms with Gasteiger partial charge < -0.3 is 9.64 Å². The Morgan fingerprint density at radius 1 is 1.17 bits per heavy atom. The molecule has 0 N–H and O–H groups in total. The van der Waals surface area contributed by atoms with Crippen LogP contribution in [0.15, 0.2) is 53.7 Å². The van der Waals surface area contributed by atoms with Crippen LogP contribution in [0.4, 0.5) is 11.4 Å². The lowest BCUT2D eigenvalue weighted by Crippen LogP contribution is -2.24. The molecule has 150 valence electrons. The standard InChI is InChI=1S/C23H25N3O3/c1-23(2,3)21-15-20(25-13-5-12-24-16-25)14-18(22(21)29-4)9-6-17-7-10-19(11-8-17)26(27)28/h5-12,14-16H,13H2,1-4H3. The van der Waals surface area contributed by atoms with Gasteiger partial charge in [-0.1, -0.05) is 32.9 Å². The quantitative estimate of drug-likeness (QED) is 0.387. The first kappa shape index (κ1) is 20.3. The van der Waals surface area contributed by atoms with Gasteiger partial charge in [0, 0.05) is 41.7 Å². The van der Waals surface area contributed by atoms with Gasteiger partial charge in [-0.2, -0.15) is 0 Å². The van der Waals surface area contributed by atoms with Crippen LogP contribution >= 0.6 is 0 Å². The summed E-state index contributed by atoms with van der Waals surface area (Å²) < 4.78 is 5.78. The van der Waals surface area contributed by atoms with Crippen LogP contribution in [-0.4, -0.2) is 24.9 Å². The van der Waals surface area contributed by atoms with E-state index in [4.69, 9.17) is 4.74 Å². The highest BCUT2D eigenvalue weighted by molar-refractivity contribution is 5.84. The molecule has 0 atom stereocenters. The number of aliphatic imine (C=N–C) groups is 1. The van der Waals surface area contributed by atoms with Crippen LogP contribution in [0.1, 0.15) is 37.5 Å². The zero-order valence-electron chi connectivity index (χ0n) is 17.1. The van der Waals surface area contributed by atoms with E-state index in [-0.39, 0.29) is 11.1 Å². The average molecular weight is 391 g/mol. The number of rotatable bonds is 5. The highest BCUT2D eigenvalue weighted by Crippen LogP contribution is 2.38. The van der Waals surface area contributed by atoms with E-state index in [0.717, 1.165) is 34.7 Å². The highest BCUT2D eigenvalue weighted by atomic mass is 16.6. The van der Waals surface area contributed by atoms with E-state index in [1.165, 1.54) is 12.1 Å². The molecule has 0 fully saturated rings. The van der Waals surface area contributed by atoms with Gasteiger partial charge in [0.05, 0.1) is 18.4 Å². The summed E-state index contributed by atoms with van der Waals surface area (Å²) >= 11 is 0. The molecule has 2 aromatic rings. The number of ether oxygens (including phenoxy) is 1. The van der Waals surface area contributed by atoms with Crippen LogP contribution in [0.25, 0.3) is 12.2 Å². The van der Waals surface area contributed by atoms with E-state index >= 15 is 0 Å². The van der Waals surface area contributed by atoms with Crippen molar-refractivity contribution < 1.29 is 9.66 Å². The summed E-state index contributed by atoms with van der Waals surface area (Å²) in [5, 5.41) is 10.8. The number of hydrogen-bond donors (Lipinski definition) is 0. The molecule has 1 aliphatic heterocycles. The Kier molecular flexibility index (Phi) is 5.82. The molecule has 0 saturated heterocycles. The van der Waals surface area contributed by atoms with E-state index in [2.05, 4.69) is 42.8 Å². The summed E-state index contributed by atoms with van der Waals surface area (Å²) in [4.78, 5) is 16.8. The second-order valence-electron chi connectivity index (χ2n) is 7.85. The number of methoxy groups -OCH3 is 1. The predicted molar refractivity (Wildman–Crippen MR) is 119 cm³/mol. The second kappa shape index (κ2) is 8.31. The van der Waals surface area contributed by atoms with Crippen molar-refractivity contribution in [2.45, 2.75) is 26.2 Å². The fraction of sp³-hybridized carbons (Fsp3) is 0.261. The van der Waals surface area contributed by atoms with Gasteiger partial charge in [0.1, 0.15) is 5.75 Å². The minimum atomic E-state index is -0.399. The first-order chi connectivity index (χ1) is 13.8. The molecule has 0 aliphatic carbocycles. The van der Waals surface area contributed by atoms with E-state index in [0.29, 0.717) is 0 Å². The van der Waals surface area contributed by atoms with Gasteiger partial charge in [0.2, 0.25) is 0 Å². The molecule has 0 bridgehead atoms. The fourth-order valence-electron chi connectivity index (χ4n) is 3.16. The lowest BCUT2D eigenvalue weighted by atomic mass is 9.84. The Bertz CT molecular complexity index is 984. The zero-order valence-corrected chi connectivity index (χ0v) is 17.1. The van der Waals surface area contributed by atoms with Crippen LogP contribution in [0.5, 0.6) is 5.75 Å². The molecular weight excluding hydrogens is 366 g/mol. The maximum atomic E-state index is 10.8. The van der Waals surface area contributed by atoms with E-state index < -0.39 is 4.92 Å². The van der Waals surface area contributed by atoms with Crippen molar-refractivity contribution in [3.63, 3.8) is 0 Å². The van der Waals surface area contributed by atoms with Gasteiger partial charge in [-0.25, -0.2) is 4.99 Å². The van der Waals surface area contributed by atoms with Gasteiger partial charge >= 0.3 is 0 Å². The molecule has 0 amide bonds. The third-order valence-electron chi connectivity index (χ3n) is 4.71. The number of hydrogen-bond acceptors (Lipinski definition) is 5. The largest absolute Gasteiger partial charge is 0.496 e. The normalized spacial score (nSPS) is 13.9. The van der Waals surface area contributed by atoms with Gasteiger partial charge in [-0.3, -0.25) is 10.1 Å².